The van der Waals surface area contributed by atoms with Gasteiger partial charge < -0.3 is 10.6 Å². The number of nitrogens with zero attached hydrogens (tertiary/aromatic N) is 2. The number of hydrogen-bond acceptors (Lipinski definition) is 5. The average Bonchev–Trinajstić information content (AvgIpc) is 2.30. The molecule has 4 nitrogen and oxygen atoms in total. The van der Waals surface area contributed by atoms with E-state index in [1.165, 1.54) is 0 Å². The zero-order valence-corrected chi connectivity index (χ0v) is 11.9. The molecule has 0 spiro atoms. The number of anilines is 2. The Hall–Kier alpha value is -0.970. The highest BCUT2D eigenvalue weighted by atomic mass is 32.2. The molecule has 0 aliphatic rings. The maximum Gasteiger partial charge on any atom is 0.134 e. The van der Waals surface area contributed by atoms with Gasteiger partial charge in [-0.25, -0.2) is 9.97 Å². The Kier molecular flexibility index (Phi) is 6.11. The Morgan fingerprint density at radius 3 is 2.71 bits per heavy atom. The molecule has 96 valence electrons. The van der Waals surface area contributed by atoms with Gasteiger partial charge in [-0.05, 0) is 26.5 Å². The third-order valence-corrected chi connectivity index (χ3v) is 3.26. The molecule has 1 unspecified atom stereocenters. The molecule has 0 aromatic carbocycles. The molecule has 0 fully saturated rings. The summed E-state index contributed by atoms with van der Waals surface area (Å²) in [4.78, 5) is 8.56. The summed E-state index contributed by atoms with van der Waals surface area (Å²) >= 11 is 1.83. The Morgan fingerprint density at radius 2 is 2.06 bits per heavy atom. The van der Waals surface area contributed by atoms with Crippen LogP contribution in [0.3, 0.4) is 0 Å². The van der Waals surface area contributed by atoms with Crippen molar-refractivity contribution < 1.29 is 0 Å². The molecular formula is C12H22N4S. The molecule has 0 radical (unpaired) electrons. The van der Waals surface area contributed by atoms with Gasteiger partial charge in [0.25, 0.3) is 0 Å². The van der Waals surface area contributed by atoms with Gasteiger partial charge in [-0.1, -0.05) is 6.92 Å². The number of rotatable bonds is 7. The summed E-state index contributed by atoms with van der Waals surface area (Å²) < 4.78 is 0. The normalized spacial score (nSPS) is 12.2. The summed E-state index contributed by atoms with van der Waals surface area (Å²) in [5.74, 6) is 2.93. The van der Waals surface area contributed by atoms with Crippen molar-refractivity contribution in [3.8, 4) is 0 Å². The molecule has 0 saturated carbocycles. The van der Waals surface area contributed by atoms with Gasteiger partial charge in [-0.3, -0.25) is 0 Å². The van der Waals surface area contributed by atoms with Crippen LogP contribution in [0.5, 0.6) is 0 Å². The first kappa shape index (κ1) is 14.1. The molecule has 0 aliphatic carbocycles. The fourth-order valence-corrected chi connectivity index (χ4v) is 2.13. The van der Waals surface area contributed by atoms with E-state index >= 15 is 0 Å². The van der Waals surface area contributed by atoms with E-state index < -0.39 is 0 Å². The number of thioether (sulfide) groups is 1. The van der Waals surface area contributed by atoms with Crippen LogP contribution in [-0.4, -0.2) is 34.6 Å². The second-order valence-electron chi connectivity index (χ2n) is 4.12. The van der Waals surface area contributed by atoms with Crippen LogP contribution >= 0.6 is 11.8 Å². The third-order valence-electron chi connectivity index (χ3n) is 2.43. The first-order valence-corrected chi connectivity index (χ1v) is 7.39. The highest BCUT2D eigenvalue weighted by Crippen LogP contribution is 2.19. The smallest absolute Gasteiger partial charge is 0.134 e. The quantitative estimate of drug-likeness (QED) is 0.783. The van der Waals surface area contributed by atoms with Crippen molar-refractivity contribution >= 4 is 23.4 Å². The molecule has 1 aromatic heterocycles. The summed E-state index contributed by atoms with van der Waals surface area (Å²) in [6.07, 6.45) is 4.81. The summed E-state index contributed by atoms with van der Waals surface area (Å²) in [5.41, 5.74) is 1.09. The predicted octanol–water partition coefficient (Wildman–Crippen LogP) is 2.77. The minimum Gasteiger partial charge on any atom is -0.370 e. The highest BCUT2D eigenvalue weighted by Gasteiger charge is 2.08. The van der Waals surface area contributed by atoms with Gasteiger partial charge in [0.05, 0.1) is 0 Å². The predicted molar refractivity (Wildman–Crippen MR) is 77.0 cm³/mol. The lowest BCUT2D eigenvalue weighted by molar-refractivity contribution is 0.892. The summed E-state index contributed by atoms with van der Waals surface area (Å²) in [5, 5.41) is 6.73. The van der Waals surface area contributed by atoms with Crippen LogP contribution in [0.4, 0.5) is 11.6 Å². The first-order chi connectivity index (χ1) is 8.19. The highest BCUT2D eigenvalue weighted by molar-refractivity contribution is 7.98. The number of nitrogens with one attached hydrogen (secondary N) is 2. The van der Waals surface area contributed by atoms with Crippen LogP contribution in [0.1, 0.15) is 25.8 Å². The standard InChI is InChI=1S/C12H22N4S/c1-5-6-13-11-10(3)12(15-8-14-11)16-9(2)7-17-4/h8-9H,5-7H2,1-4H3,(H2,13,14,15,16). The monoisotopic (exact) mass is 254 g/mol. The molecular weight excluding hydrogens is 232 g/mol. The van der Waals surface area contributed by atoms with E-state index in [1.54, 1.807) is 6.33 Å². The van der Waals surface area contributed by atoms with Crippen LogP contribution in [-0.2, 0) is 0 Å². The van der Waals surface area contributed by atoms with Crippen molar-refractivity contribution in [3.05, 3.63) is 11.9 Å². The van der Waals surface area contributed by atoms with Crippen molar-refractivity contribution in [2.75, 3.05) is 29.2 Å². The van der Waals surface area contributed by atoms with Crippen LogP contribution in [0.15, 0.2) is 6.33 Å². The fourth-order valence-electron chi connectivity index (χ4n) is 1.54. The third kappa shape index (κ3) is 4.42. The molecule has 2 N–H and O–H groups in total. The molecule has 0 amide bonds. The van der Waals surface area contributed by atoms with Gasteiger partial charge >= 0.3 is 0 Å². The van der Waals surface area contributed by atoms with E-state index in [1.807, 2.05) is 18.7 Å². The van der Waals surface area contributed by atoms with Gasteiger partial charge in [0, 0.05) is 23.9 Å². The van der Waals surface area contributed by atoms with Crippen LogP contribution in [0, 0.1) is 6.92 Å². The Bertz CT molecular complexity index is 343. The van der Waals surface area contributed by atoms with E-state index in [-0.39, 0.29) is 0 Å². The van der Waals surface area contributed by atoms with Crippen molar-refractivity contribution in [3.63, 3.8) is 0 Å². The minimum absolute atomic E-state index is 0.414. The Balaban J connectivity index is 2.72. The van der Waals surface area contributed by atoms with Gasteiger partial charge in [0.2, 0.25) is 0 Å². The van der Waals surface area contributed by atoms with Crippen LogP contribution < -0.4 is 10.6 Å². The lowest BCUT2D eigenvalue weighted by Crippen LogP contribution is -2.20. The molecule has 1 aromatic rings. The van der Waals surface area contributed by atoms with E-state index in [2.05, 4.69) is 40.7 Å². The largest absolute Gasteiger partial charge is 0.370 e. The van der Waals surface area contributed by atoms with Gasteiger partial charge in [0.15, 0.2) is 0 Å². The average molecular weight is 254 g/mol. The van der Waals surface area contributed by atoms with Gasteiger partial charge in [-0.2, -0.15) is 11.8 Å². The lowest BCUT2D eigenvalue weighted by atomic mass is 10.2. The fraction of sp³-hybridized carbons (Fsp3) is 0.667. The lowest BCUT2D eigenvalue weighted by Gasteiger charge is -2.16. The molecule has 0 bridgehead atoms. The topological polar surface area (TPSA) is 49.8 Å². The van der Waals surface area contributed by atoms with Crippen LogP contribution in [0.2, 0.25) is 0 Å². The molecule has 5 heteroatoms. The second kappa shape index (κ2) is 7.37. The summed E-state index contributed by atoms with van der Waals surface area (Å²) in [7, 11) is 0. The molecule has 0 saturated heterocycles. The summed E-state index contributed by atoms with van der Waals surface area (Å²) in [6.45, 7) is 7.30. The second-order valence-corrected chi connectivity index (χ2v) is 5.03. The van der Waals surface area contributed by atoms with Crippen molar-refractivity contribution in [2.45, 2.75) is 33.2 Å². The zero-order chi connectivity index (χ0) is 12.7. The molecule has 1 atom stereocenters. The molecule has 17 heavy (non-hydrogen) atoms. The minimum atomic E-state index is 0.414. The van der Waals surface area contributed by atoms with Crippen LogP contribution in [0.25, 0.3) is 0 Å². The number of aromatic nitrogens is 2. The summed E-state index contributed by atoms with van der Waals surface area (Å²) in [6, 6.07) is 0.414. The van der Waals surface area contributed by atoms with E-state index in [4.69, 9.17) is 0 Å². The number of hydrogen-bond donors (Lipinski definition) is 2. The zero-order valence-electron chi connectivity index (χ0n) is 11.1. The van der Waals surface area contributed by atoms with Gasteiger partial charge in [0.1, 0.15) is 18.0 Å². The van der Waals surface area contributed by atoms with E-state index in [0.717, 1.165) is 35.9 Å². The molecule has 1 heterocycles. The van der Waals surface area contributed by atoms with Crippen molar-refractivity contribution in [2.24, 2.45) is 0 Å². The Labute approximate surface area is 108 Å². The maximum atomic E-state index is 4.30. The van der Waals surface area contributed by atoms with E-state index in [9.17, 15) is 0 Å². The molecule has 0 aliphatic heterocycles. The Morgan fingerprint density at radius 1 is 1.35 bits per heavy atom. The van der Waals surface area contributed by atoms with Crippen molar-refractivity contribution in [1.82, 2.24) is 9.97 Å². The van der Waals surface area contributed by atoms with E-state index in [0.29, 0.717) is 6.04 Å². The van der Waals surface area contributed by atoms with Gasteiger partial charge in [-0.15, -0.1) is 0 Å². The molecule has 1 rings (SSSR count). The van der Waals surface area contributed by atoms with Crippen molar-refractivity contribution in [1.29, 1.82) is 0 Å². The first-order valence-electron chi connectivity index (χ1n) is 6.00. The maximum absolute atomic E-state index is 4.30. The SMILES string of the molecule is CCCNc1ncnc(NC(C)CSC)c1C.